The Balaban J connectivity index is 1.58. The first kappa shape index (κ1) is 16.3. The molecule has 0 saturated heterocycles. The van der Waals surface area contributed by atoms with Crippen molar-refractivity contribution in [2.75, 3.05) is 0 Å². The second-order valence-corrected chi connectivity index (χ2v) is 7.35. The fourth-order valence-electron chi connectivity index (χ4n) is 2.49. The van der Waals surface area contributed by atoms with Crippen molar-refractivity contribution in [3.8, 4) is 5.95 Å². The van der Waals surface area contributed by atoms with Crippen LogP contribution in [0.3, 0.4) is 0 Å². The number of nitrogens with one attached hydrogen (secondary N) is 2. The minimum Gasteiger partial charge on any atom is -0.322 e. The number of hydrogen-bond donors (Lipinski definition) is 2. The molecule has 0 fully saturated rings. The lowest BCUT2D eigenvalue weighted by Crippen LogP contribution is -2.14. The van der Waals surface area contributed by atoms with Gasteiger partial charge in [0.2, 0.25) is 5.95 Å². The normalized spacial score (nSPS) is 11.3. The van der Waals surface area contributed by atoms with E-state index >= 15 is 0 Å². The number of rotatable bonds is 4. The molecule has 2 aromatic carbocycles. The summed E-state index contributed by atoms with van der Waals surface area (Å²) in [4.78, 5) is 20.8. The highest BCUT2D eigenvalue weighted by molar-refractivity contribution is 7.98. The van der Waals surface area contributed by atoms with Gasteiger partial charge in [-0.25, -0.2) is 4.98 Å². The van der Waals surface area contributed by atoms with Gasteiger partial charge in [-0.1, -0.05) is 35.3 Å². The number of imidazole rings is 1. The number of fused-ring (bicyclic) bond motifs is 1. The summed E-state index contributed by atoms with van der Waals surface area (Å²) in [5, 5.41) is 4.25. The van der Waals surface area contributed by atoms with Crippen molar-refractivity contribution < 1.29 is 0 Å². The molecule has 126 valence electrons. The lowest BCUT2D eigenvalue weighted by Gasteiger charge is -2.02. The van der Waals surface area contributed by atoms with Crippen LogP contribution in [-0.4, -0.2) is 19.7 Å². The van der Waals surface area contributed by atoms with Crippen LogP contribution < -0.4 is 5.56 Å². The molecule has 0 aliphatic rings. The van der Waals surface area contributed by atoms with Crippen molar-refractivity contribution in [3.05, 3.63) is 74.6 Å². The maximum atomic E-state index is 12.3. The predicted molar refractivity (Wildman–Crippen MR) is 102 cm³/mol. The molecule has 0 radical (unpaired) electrons. The predicted octanol–water partition coefficient (Wildman–Crippen LogP) is 4.64. The largest absolute Gasteiger partial charge is 0.322 e. The Hall–Kier alpha value is -2.15. The Morgan fingerprint density at radius 1 is 1.08 bits per heavy atom. The number of aromatic amines is 2. The summed E-state index contributed by atoms with van der Waals surface area (Å²) >= 11 is 13.6. The summed E-state index contributed by atoms with van der Waals surface area (Å²) in [5.74, 6) is 1.05. The molecule has 8 heteroatoms. The Kier molecular flexibility index (Phi) is 4.33. The zero-order valence-electron chi connectivity index (χ0n) is 12.8. The minimum absolute atomic E-state index is 0.168. The van der Waals surface area contributed by atoms with Crippen LogP contribution in [0, 0.1) is 0 Å². The van der Waals surface area contributed by atoms with Crippen molar-refractivity contribution in [2.45, 2.75) is 10.6 Å². The number of benzene rings is 2. The molecule has 2 heterocycles. The van der Waals surface area contributed by atoms with Gasteiger partial charge in [0.1, 0.15) is 0 Å². The fraction of sp³-hybridized carbons (Fsp3) is 0.0588. The van der Waals surface area contributed by atoms with Crippen LogP contribution in [0.2, 0.25) is 10.0 Å². The molecule has 0 bridgehead atoms. The molecule has 4 aromatic rings. The van der Waals surface area contributed by atoms with Crippen LogP contribution in [0.1, 0.15) is 5.69 Å². The molecule has 0 aliphatic heterocycles. The van der Waals surface area contributed by atoms with Gasteiger partial charge < -0.3 is 4.98 Å². The standard InChI is InChI=1S/C17H12Cl2N4OS/c18-10-5-11(19)7-13(6-10)25-9-12-8-16(24)23(22-12)17-20-14-3-1-2-4-15(14)21-17/h1-8,22H,9H2,(H,20,21). The summed E-state index contributed by atoms with van der Waals surface area (Å²) in [5.41, 5.74) is 2.30. The lowest BCUT2D eigenvalue weighted by molar-refractivity contribution is 0.789. The van der Waals surface area contributed by atoms with E-state index in [0.29, 0.717) is 21.7 Å². The summed E-state index contributed by atoms with van der Waals surface area (Å²) in [6.45, 7) is 0. The molecule has 0 unspecified atom stereocenters. The molecule has 0 atom stereocenters. The molecule has 2 aromatic heterocycles. The fourth-order valence-corrected chi connectivity index (χ4v) is 4.04. The van der Waals surface area contributed by atoms with Gasteiger partial charge in [-0.05, 0) is 30.3 Å². The summed E-state index contributed by atoms with van der Waals surface area (Å²) < 4.78 is 1.40. The average Bonchev–Trinajstić information content (AvgIpc) is 3.15. The van der Waals surface area contributed by atoms with Gasteiger partial charge in [0.05, 0.1) is 11.0 Å². The molecule has 5 nitrogen and oxygen atoms in total. The van der Waals surface area contributed by atoms with E-state index < -0.39 is 0 Å². The smallest absolute Gasteiger partial charge is 0.274 e. The topological polar surface area (TPSA) is 66.5 Å². The second-order valence-electron chi connectivity index (χ2n) is 5.43. The molecule has 25 heavy (non-hydrogen) atoms. The van der Waals surface area contributed by atoms with E-state index in [9.17, 15) is 4.79 Å². The SMILES string of the molecule is O=c1cc(CSc2cc(Cl)cc(Cl)c2)[nH]n1-c1nc2ccccc2[nH]1. The number of aromatic nitrogens is 4. The van der Waals surface area contributed by atoms with Crippen molar-refractivity contribution in [1.29, 1.82) is 0 Å². The van der Waals surface area contributed by atoms with E-state index in [4.69, 9.17) is 23.2 Å². The number of halogens is 2. The van der Waals surface area contributed by atoms with Gasteiger partial charge in [0.25, 0.3) is 5.56 Å². The molecule has 0 aliphatic carbocycles. The Morgan fingerprint density at radius 3 is 2.60 bits per heavy atom. The zero-order valence-corrected chi connectivity index (χ0v) is 15.1. The van der Waals surface area contributed by atoms with Crippen LogP contribution in [0.15, 0.2) is 58.2 Å². The van der Waals surface area contributed by atoms with Crippen LogP contribution in [0.25, 0.3) is 17.0 Å². The van der Waals surface area contributed by atoms with Gasteiger partial charge in [0, 0.05) is 32.5 Å². The molecular formula is C17H12Cl2N4OS. The van der Waals surface area contributed by atoms with Crippen LogP contribution in [0.5, 0.6) is 0 Å². The number of H-pyrrole nitrogens is 2. The van der Waals surface area contributed by atoms with Gasteiger partial charge in [0.15, 0.2) is 0 Å². The molecule has 0 saturated carbocycles. The van der Waals surface area contributed by atoms with E-state index in [1.807, 2.05) is 36.4 Å². The lowest BCUT2D eigenvalue weighted by atomic mass is 10.3. The maximum Gasteiger partial charge on any atom is 0.274 e. The van der Waals surface area contributed by atoms with Crippen molar-refractivity contribution in [3.63, 3.8) is 0 Å². The van der Waals surface area contributed by atoms with E-state index in [2.05, 4.69) is 15.1 Å². The van der Waals surface area contributed by atoms with Crippen LogP contribution >= 0.6 is 35.0 Å². The number of hydrogen-bond acceptors (Lipinski definition) is 3. The Labute approximate surface area is 157 Å². The Bertz CT molecular complexity index is 1060. The number of para-hydroxylation sites is 2. The third-order valence-electron chi connectivity index (χ3n) is 3.59. The molecule has 0 amide bonds. The van der Waals surface area contributed by atoms with E-state index in [1.165, 1.54) is 4.68 Å². The van der Waals surface area contributed by atoms with Crippen LogP contribution in [0.4, 0.5) is 0 Å². The first-order valence-electron chi connectivity index (χ1n) is 7.43. The second kappa shape index (κ2) is 6.63. The first-order chi connectivity index (χ1) is 12.1. The van der Waals surface area contributed by atoms with E-state index in [0.717, 1.165) is 21.6 Å². The maximum absolute atomic E-state index is 12.3. The van der Waals surface area contributed by atoms with Gasteiger partial charge in [-0.15, -0.1) is 11.8 Å². The summed E-state index contributed by atoms with van der Waals surface area (Å²) in [6, 6.07) is 14.6. The highest BCUT2D eigenvalue weighted by atomic mass is 35.5. The minimum atomic E-state index is -0.168. The quantitative estimate of drug-likeness (QED) is 0.498. The highest BCUT2D eigenvalue weighted by Gasteiger charge is 2.10. The van der Waals surface area contributed by atoms with E-state index in [1.54, 1.807) is 23.9 Å². The van der Waals surface area contributed by atoms with E-state index in [-0.39, 0.29) is 5.56 Å². The number of thioether (sulfide) groups is 1. The van der Waals surface area contributed by atoms with Gasteiger partial charge >= 0.3 is 0 Å². The van der Waals surface area contributed by atoms with Gasteiger partial charge in [-0.2, -0.15) is 4.68 Å². The molecule has 2 N–H and O–H groups in total. The number of nitrogens with zero attached hydrogens (tertiary/aromatic N) is 2. The van der Waals surface area contributed by atoms with Crippen molar-refractivity contribution >= 4 is 46.0 Å². The summed E-state index contributed by atoms with van der Waals surface area (Å²) in [6.07, 6.45) is 0. The van der Waals surface area contributed by atoms with Crippen LogP contribution in [-0.2, 0) is 5.75 Å². The van der Waals surface area contributed by atoms with Gasteiger partial charge in [-0.3, -0.25) is 9.89 Å². The first-order valence-corrected chi connectivity index (χ1v) is 9.17. The highest BCUT2D eigenvalue weighted by Crippen LogP contribution is 2.28. The molecular weight excluding hydrogens is 379 g/mol. The van der Waals surface area contributed by atoms with Crippen molar-refractivity contribution in [2.24, 2.45) is 0 Å². The molecule has 4 rings (SSSR count). The third-order valence-corrected chi connectivity index (χ3v) is 5.05. The summed E-state index contributed by atoms with van der Waals surface area (Å²) in [7, 11) is 0. The molecule has 0 spiro atoms. The average molecular weight is 391 g/mol. The van der Waals surface area contributed by atoms with Crippen molar-refractivity contribution in [1.82, 2.24) is 19.7 Å². The third kappa shape index (κ3) is 3.46. The zero-order chi connectivity index (χ0) is 17.4. The monoisotopic (exact) mass is 390 g/mol. The Morgan fingerprint density at radius 2 is 1.84 bits per heavy atom.